The minimum atomic E-state index is -4.17. The number of carbonyl (C=O) groups excluding carboxylic acids is 2. The van der Waals surface area contributed by atoms with Gasteiger partial charge >= 0.3 is 6.09 Å². The van der Waals surface area contributed by atoms with Gasteiger partial charge in [0.25, 0.3) is 15.9 Å². The number of aryl methyl sites for hydroxylation is 2. The fraction of sp³-hybridized carbons (Fsp3) is 0.471. The van der Waals surface area contributed by atoms with E-state index in [1.807, 2.05) is 43.9 Å². The van der Waals surface area contributed by atoms with Crippen molar-refractivity contribution in [2.75, 3.05) is 31.0 Å². The molecule has 1 aromatic heterocycles. The Hall–Kier alpha value is -4.19. The number of carbonyl (C=O) groups is 2. The maximum absolute atomic E-state index is 14.5. The van der Waals surface area contributed by atoms with E-state index in [4.69, 9.17) is 9.47 Å². The van der Waals surface area contributed by atoms with Crippen molar-refractivity contribution in [3.8, 4) is 17.1 Å². The predicted molar refractivity (Wildman–Crippen MR) is 177 cm³/mol. The lowest BCUT2D eigenvalue weighted by Crippen LogP contribution is -2.51. The first-order chi connectivity index (χ1) is 21.8. The fourth-order valence-corrected chi connectivity index (χ4v) is 7.23. The summed E-state index contributed by atoms with van der Waals surface area (Å²) in [5.41, 5.74) is 3.37. The maximum Gasteiger partial charge on any atom is 0.409 e. The van der Waals surface area contributed by atoms with E-state index >= 15 is 0 Å². The van der Waals surface area contributed by atoms with Crippen LogP contribution in [0.1, 0.15) is 69.9 Å². The van der Waals surface area contributed by atoms with Gasteiger partial charge in [-0.1, -0.05) is 52.0 Å². The molecular weight excluding hydrogens is 606 g/mol. The largest absolute Gasteiger partial charge is 0.475 e. The van der Waals surface area contributed by atoms with Gasteiger partial charge in [0.1, 0.15) is 13.2 Å². The highest BCUT2D eigenvalue weighted by Crippen LogP contribution is 2.32. The van der Waals surface area contributed by atoms with E-state index in [0.717, 1.165) is 16.7 Å². The lowest BCUT2D eigenvalue weighted by atomic mass is 9.86. The average molecular weight is 652 g/mol. The summed E-state index contributed by atoms with van der Waals surface area (Å²) < 4.78 is 41.4. The molecular formula is C34H45N5O6S. The first-order valence-corrected chi connectivity index (χ1v) is 17.2. The first kappa shape index (κ1) is 33.2. The van der Waals surface area contributed by atoms with Gasteiger partial charge in [-0.05, 0) is 67.9 Å². The standard InChI is InChI=1S/C34H43N5O6S.H2/c1-7-25(14-15-38-16-17-44-33(38)41)39-26(20-34(4,5)6)21-45-29-19-28(30-22(2)10-8-11-23(30)3)35-32(36-29)37-46(42,43)27-13-9-12-24(18-27)31(39)40;/h8-13,18-19,25-26H,7,14-17,20-21H2,1-6H3,(H,35,36,37);1H/t25?,26-;/m1./s1. The van der Waals surface area contributed by atoms with Crippen molar-refractivity contribution in [3.05, 3.63) is 65.2 Å². The van der Waals surface area contributed by atoms with Gasteiger partial charge in [-0.15, -0.1) is 0 Å². The maximum atomic E-state index is 14.5. The summed E-state index contributed by atoms with van der Waals surface area (Å²) in [6, 6.07) is 13.0. The van der Waals surface area contributed by atoms with E-state index < -0.39 is 16.1 Å². The van der Waals surface area contributed by atoms with E-state index in [1.54, 1.807) is 23.1 Å². The highest BCUT2D eigenvalue weighted by Gasteiger charge is 2.36. The Bertz CT molecular complexity index is 1710. The van der Waals surface area contributed by atoms with Crippen LogP contribution in [-0.2, 0) is 14.8 Å². The lowest BCUT2D eigenvalue weighted by molar-refractivity contribution is 0.0359. The van der Waals surface area contributed by atoms with Gasteiger partial charge in [0.05, 0.1) is 23.2 Å². The average Bonchev–Trinajstić information content (AvgIpc) is 3.40. The molecule has 11 nitrogen and oxygen atoms in total. The lowest BCUT2D eigenvalue weighted by Gasteiger charge is -2.41. The number of nitrogens with zero attached hydrogens (tertiary/aromatic N) is 4. The molecule has 4 bridgehead atoms. The van der Waals surface area contributed by atoms with Gasteiger partial charge in [-0.3, -0.25) is 4.79 Å². The summed E-state index contributed by atoms with van der Waals surface area (Å²) >= 11 is 0. The molecule has 46 heavy (non-hydrogen) atoms. The van der Waals surface area contributed by atoms with E-state index in [1.165, 1.54) is 12.1 Å². The van der Waals surface area contributed by atoms with E-state index in [-0.39, 0.29) is 53.8 Å². The molecule has 0 spiro atoms. The Morgan fingerprint density at radius 3 is 2.41 bits per heavy atom. The molecule has 0 aliphatic carbocycles. The molecule has 3 heterocycles. The second-order valence-electron chi connectivity index (χ2n) is 13.2. The third-order valence-electron chi connectivity index (χ3n) is 8.40. The van der Waals surface area contributed by atoms with Crippen molar-refractivity contribution in [2.45, 2.75) is 77.8 Å². The molecule has 2 aliphatic rings. The third kappa shape index (κ3) is 7.43. The van der Waals surface area contributed by atoms with Crippen molar-refractivity contribution >= 4 is 28.0 Å². The van der Waals surface area contributed by atoms with Crippen LogP contribution in [0.4, 0.5) is 10.7 Å². The molecule has 1 unspecified atom stereocenters. The zero-order chi connectivity index (χ0) is 33.2. The highest BCUT2D eigenvalue weighted by molar-refractivity contribution is 7.92. The number of hydrogen-bond acceptors (Lipinski definition) is 8. The van der Waals surface area contributed by atoms with E-state index in [9.17, 15) is 18.0 Å². The van der Waals surface area contributed by atoms with Crippen LogP contribution in [0.5, 0.6) is 5.88 Å². The Labute approximate surface area is 272 Å². The summed E-state index contributed by atoms with van der Waals surface area (Å²) in [7, 11) is -4.17. The van der Waals surface area contributed by atoms with Crippen LogP contribution in [0.3, 0.4) is 0 Å². The van der Waals surface area contributed by atoms with Gasteiger partial charge in [-0.25, -0.2) is 22.9 Å². The number of cyclic esters (lactones) is 1. The normalized spacial score (nSPS) is 18.9. The second kappa shape index (κ2) is 13.3. The van der Waals surface area contributed by atoms with Gasteiger partial charge in [0.15, 0.2) is 0 Å². The molecule has 2 amide bonds. The number of nitrogens with one attached hydrogen (secondary N) is 1. The monoisotopic (exact) mass is 651 g/mol. The number of hydrogen-bond donors (Lipinski definition) is 1. The number of fused-ring (bicyclic) bond motifs is 4. The summed E-state index contributed by atoms with van der Waals surface area (Å²) in [4.78, 5) is 39.2. The van der Waals surface area contributed by atoms with Crippen LogP contribution in [0.25, 0.3) is 11.3 Å². The summed E-state index contributed by atoms with van der Waals surface area (Å²) in [6.07, 6.45) is 1.37. The number of benzene rings is 2. The Balaban J connectivity index is 0.00000500. The van der Waals surface area contributed by atoms with Crippen molar-refractivity contribution in [2.24, 2.45) is 5.41 Å². The molecule has 1 N–H and O–H groups in total. The summed E-state index contributed by atoms with van der Waals surface area (Å²) in [5.74, 6) is -0.242. The van der Waals surface area contributed by atoms with E-state index in [2.05, 4.69) is 35.5 Å². The minimum Gasteiger partial charge on any atom is -0.475 e. The van der Waals surface area contributed by atoms with Crippen LogP contribution >= 0.6 is 0 Å². The third-order valence-corrected chi connectivity index (χ3v) is 9.72. The molecule has 3 aromatic rings. The van der Waals surface area contributed by atoms with Crippen LogP contribution in [0, 0.1) is 19.3 Å². The van der Waals surface area contributed by atoms with Gasteiger partial charge in [0.2, 0.25) is 11.8 Å². The quantitative estimate of drug-likeness (QED) is 0.326. The first-order valence-electron chi connectivity index (χ1n) is 15.7. The molecule has 1 fully saturated rings. The molecule has 2 aliphatic heterocycles. The van der Waals surface area contributed by atoms with Crippen molar-refractivity contribution in [1.29, 1.82) is 0 Å². The van der Waals surface area contributed by atoms with Crippen molar-refractivity contribution in [3.63, 3.8) is 0 Å². The highest BCUT2D eigenvalue weighted by atomic mass is 32.2. The predicted octanol–water partition coefficient (Wildman–Crippen LogP) is 6.07. The number of anilines is 1. The molecule has 2 aromatic carbocycles. The van der Waals surface area contributed by atoms with Crippen LogP contribution in [0.2, 0.25) is 0 Å². The Morgan fingerprint density at radius 2 is 1.76 bits per heavy atom. The van der Waals surface area contributed by atoms with Crippen LogP contribution in [0.15, 0.2) is 53.4 Å². The fourth-order valence-electron chi connectivity index (χ4n) is 6.24. The number of aromatic nitrogens is 2. The molecule has 248 valence electrons. The Morgan fingerprint density at radius 1 is 1.04 bits per heavy atom. The van der Waals surface area contributed by atoms with E-state index in [0.29, 0.717) is 44.7 Å². The topological polar surface area (TPSA) is 131 Å². The minimum absolute atomic E-state index is 0. The second-order valence-corrected chi connectivity index (χ2v) is 14.9. The number of amides is 2. The van der Waals surface area contributed by atoms with Gasteiger partial charge in [0, 0.05) is 31.2 Å². The molecule has 0 radical (unpaired) electrons. The Kier molecular flexibility index (Phi) is 9.57. The smallest absolute Gasteiger partial charge is 0.409 e. The van der Waals surface area contributed by atoms with Gasteiger partial charge in [-0.2, -0.15) is 4.98 Å². The number of rotatable bonds is 7. The van der Waals surface area contributed by atoms with Crippen LogP contribution in [-0.4, -0.2) is 78.6 Å². The molecule has 0 saturated carbocycles. The van der Waals surface area contributed by atoms with Crippen molar-refractivity contribution in [1.82, 2.24) is 19.8 Å². The molecule has 1 saturated heterocycles. The molecule has 2 atom stereocenters. The SMILES string of the molecule is CCC(CCN1CCOC1=O)N1C(=O)c2cccc(c2)S(=O)(=O)Nc2nc(cc(-c3c(C)cccc3C)n2)OC[C@H]1CC(C)(C)C.[HH]. The number of sulfonamides is 1. The zero-order valence-corrected chi connectivity index (χ0v) is 28.2. The number of ether oxygens (including phenoxy) is 2. The summed E-state index contributed by atoms with van der Waals surface area (Å²) in [6.45, 7) is 13.7. The molecule has 12 heteroatoms. The van der Waals surface area contributed by atoms with Gasteiger partial charge < -0.3 is 19.3 Å². The van der Waals surface area contributed by atoms with Crippen molar-refractivity contribution < 1.29 is 28.9 Å². The zero-order valence-electron chi connectivity index (χ0n) is 27.4. The summed E-state index contributed by atoms with van der Waals surface area (Å²) in [5, 5.41) is 0. The van der Waals surface area contributed by atoms with Crippen LogP contribution < -0.4 is 9.46 Å². The molecule has 5 rings (SSSR count).